The predicted octanol–water partition coefficient (Wildman–Crippen LogP) is 1.21. The molecule has 70 valence electrons. The summed E-state index contributed by atoms with van der Waals surface area (Å²) in [7, 11) is 0. The first kappa shape index (κ1) is 8.41. The first-order valence-corrected chi connectivity index (χ1v) is 4.62. The maximum atomic E-state index is 11.1. The Morgan fingerprint density at radius 1 is 1.38 bits per heavy atom. The zero-order valence-electron chi connectivity index (χ0n) is 7.68. The van der Waals surface area contributed by atoms with Gasteiger partial charge in [0.15, 0.2) is 0 Å². The van der Waals surface area contributed by atoms with Crippen LogP contribution in [0.4, 0.5) is 0 Å². The molecule has 1 aromatic rings. The monoisotopic (exact) mass is 179 g/mol. The van der Waals surface area contributed by atoms with Crippen molar-refractivity contribution >= 4 is 5.78 Å². The highest BCUT2D eigenvalue weighted by Gasteiger charge is 2.28. The Morgan fingerprint density at radius 3 is 2.62 bits per heavy atom. The van der Waals surface area contributed by atoms with Crippen LogP contribution in [0.1, 0.15) is 32.2 Å². The van der Waals surface area contributed by atoms with Crippen LogP contribution >= 0.6 is 0 Å². The molecule has 0 saturated heterocycles. The second kappa shape index (κ2) is 3.28. The second-order valence-electron chi connectivity index (χ2n) is 3.68. The SMILES string of the molecule is CC(=O)[C@H]1CC[C@H](n2cnnc2)C1. The van der Waals surface area contributed by atoms with Gasteiger partial charge in [0.1, 0.15) is 18.4 Å². The largest absolute Gasteiger partial charge is 0.317 e. The smallest absolute Gasteiger partial charge is 0.132 e. The summed E-state index contributed by atoms with van der Waals surface area (Å²) in [6.45, 7) is 1.68. The lowest BCUT2D eigenvalue weighted by Gasteiger charge is -2.09. The van der Waals surface area contributed by atoms with Gasteiger partial charge in [0.2, 0.25) is 0 Å². The lowest BCUT2D eigenvalue weighted by atomic mass is 10.0. The van der Waals surface area contributed by atoms with Crippen molar-refractivity contribution in [3.05, 3.63) is 12.7 Å². The Labute approximate surface area is 77.0 Å². The van der Waals surface area contributed by atoms with Gasteiger partial charge in [-0.15, -0.1) is 10.2 Å². The third-order valence-electron chi connectivity index (χ3n) is 2.84. The summed E-state index contributed by atoms with van der Waals surface area (Å²) in [6.07, 6.45) is 6.49. The van der Waals surface area contributed by atoms with E-state index < -0.39 is 0 Å². The van der Waals surface area contributed by atoms with Crippen LogP contribution in [0.5, 0.6) is 0 Å². The first-order chi connectivity index (χ1) is 6.27. The third kappa shape index (κ3) is 1.61. The lowest BCUT2D eigenvalue weighted by molar-refractivity contribution is -0.120. The van der Waals surface area contributed by atoms with Crippen molar-refractivity contribution in [3.8, 4) is 0 Å². The van der Waals surface area contributed by atoms with Crippen LogP contribution < -0.4 is 0 Å². The van der Waals surface area contributed by atoms with Gasteiger partial charge in [-0.25, -0.2) is 0 Å². The van der Waals surface area contributed by atoms with Crippen LogP contribution in [-0.2, 0) is 4.79 Å². The van der Waals surface area contributed by atoms with Gasteiger partial charge in [-0.3, -0.25) is 4.79 Å². The first-order valence-electron chi connectivity index (χ1n) is 4.62. The number of carbonyl (C=O) groups excluding carboxylic acids is 1. The molecule has 1 aliphatic carbocycles. The van der Waals surface area contributed by atoms with Gasteiger partial charge >= 0.3 is 0 Å². The minimum atomic E-state index is 0.257. The molecular weight excluding hydrogens is 166 g/mol. The van der Waals surface area contributed by atoms with E-state index in [9.17, 15) is 4.79 Å². The molecule has 2 rings (SSSR count). The molecule has 0 aromatic carbocycles. The zero-order chi connectivity index (χ0) is 9.26. The molecule has 13 heavy (non-hydrogen) atoms. The molecular formula is C9H13N3O. The lowest BCUT2D eigenvalue weighted by Crippen LogP contribution is -2.08. The van der Waals surface area contributed by atoms with Gasteiger partial charge < -0.3 is 4.57 Å². The van der Waals surface area contributed by atoms with E-state index in [0.29, 0.717) is 11.8 Å². The summed E-state index contributed by atoms with van der Waals surface area (Å²) < 4.78 is 2.00. The third-order valence-corrected chi connectivity index (χ3v) is 2.84. The Hall–Kier alpha value is -1.19. The summed E-state index contributed by atoms with van der Waals surface area (Å²) in [4.78, 5) is 11.1. The minimum absolute atomic E-state index is 0.257. The van der Waals surface area contributed by atoms with E-state index in [4.69, 9.17) is 0 Å². The maximum absolute atomic E-state index is 11.1. The van der Waals surface area contributed by atoms with E-state index in [1.807, 2.05) is 4.57 Å². The molecule has 1 saturated carbocycles. The van der Waals surface area contributed by atoms with Gasteiger partial charge in [-0.2, -0.15) is 0 Å². The molecule has 0 N–H and O–H groups in total. The van der Waals surface area contributed by atoms with E-state index in [0.717, 1.165) is 19.3 Å². The topological polar surface area (TPSA) is 47.8 Å². The number of aromatic nitrogens is 3. The molecule has 1 aliphatic rings. The quantitative estimate of drug-likeness (QED) is 0.685. The predicted molar refractivity (Wildman–Crippen MR) is 47.1 cm³/mol. The Balaban J connectivity index is 2.03. The number of rotatable bonds is 2. The standard InChI is InChI=1S/C9H13N3O/c1-7(13)8-2-3-9(4-8)12-5-10-11-6-12/h5-6,8-9H,2-4H2,1H3/t8-,9-/m0/s1. The summed E-state index contributed by atoms with van der Waals surface area (Å²) in [6, 6.07) is 0.434. The normalized spacial score (nSPS) is 27.8. The summed E-state index contributed by atoms with van der Waals surface area (Å²) in [5, 5.41) is 7.53. The molecule has 0 unspecified atom stereocenters. The summed E-state index contributed by atoms with van der Waals surface area (Å²) in [5.41, 5.74) is 0. The number of carbonyl (C=O) groups is 1. The fourth-order valence-corrected chi connectivity index (χ4v) is 1.99. The number of hydrogen-bond acceptors (Lipinski definition) is 3. The van der Waals surface area contributed by atoms with Crippen molar-refractivity contribution in [2.24, 2.45) is 5.92 Å². The molecule has 0 aliphatic heterocycles. The van der Waals surface area contributed by atoms with Crippen molar-refractivity contribution < 1.29 is 4.79 Å². The van der Waals surface area contributed by atoms with Crippen molar-refractivity contribution in [2.75, 3.05) is 0 Å². The average molecular weight is 179 g/mol. The molecule has 0 bridgehead atoms. The molecule has 4 heteroatoms. The zero-order valence-corrected chi connectivity index (χ0v) is 7.68. The Bertz CT molecular complexity index is 294. The highest BCUT2D eigenvalue weighted by atomic mass is 16.1. The summed E-state index contributed by atoms with van der Waals surface area (Å²) >= 11 is 0. The van der Waals surface area contributed by atoms with Crippen molar-refractivity contribution in [1.29, 1.82) is 0 Å². The van der Waals surface area contributed by atoms with Crippen LogP contribution in [0.3, 0.4) is 0 Å². The second-order valence-corrected chi connectivity index (χ2v) is 3.68. The fourth-order valence-electron chi connectivity index (χ4n) is 1.99. The van der Waals surface area contributed by atoms with Crippen molar-refractivity contribution in [2.45, 2.75) is 32.2 Å². The van der Waals surface area contributed by atoms with Crippen LogP contribution in [-0.4, -0.2) is 20.5 Å². The van der Waals surface area contributed by atoms with Crippen LogP contribution in [0, 0.1) is 5.92 Å². The minimum Gasteiger partial charge on any atom is -0.317 e. The fraction of sp³-hybridized carbons (Fsp3) is 0.667. The molecule has 0 spiro atoms. The van der Waals surface area contributed by atoms with Gasteiger partial charge in [0, 0.05) is 12.0 Å². The van der Waals surface area contributed by atoms with Crippen molar-refractivity contribution in [3.63, 3.8) is 0 Å². The summed E-state index contributed by atoms with van der Waals surface area (Å²) in [5.74, 6) is 0.572. The van der Waals surface area contributed by atoms with Gasteiger partial charge in [0.25, 0.3) is 0 Å². The molecule has 1 aromatic heterocycles. The molecule has 0 amide bonds. The van der Waals surface area contributed by atoms with Gasteiger partial charge in [-0.05, 0) is 26.2 Å². The van der Waals surface area contributed by atoms with Crippen LogP contribution in [0.2, 0.25) is 0 Å². The van der Waals surface area contributed by atoms with Gasteiger partial charge in [-0.1, -0.05) is 0 Å². The molecule has 1 fully saturated rings. The van der Waals surface area contributed by atoms with Gasteiger partial charge in [0.05, 0.1) is 0 Å². The number of Topliss-reactive ketones (excluding diaryl/α,β-unsaturated/α-hetero) is 1. The van der Waals surface area contributed by atoms with E-state index in [1.54, 1.807) is 19.6 Å². The van der Waals surface area contributed by atoms with E-state index in [-0.39, 0.29) is 5.92 Å². The Kier molecular flexibility index (Phi) is 2.12. The van der Waals surface area contributed by atoms with Crippen LogP contribution in [0.15, 0.2) is 12.7 Å². The highest BCUT2D eigenvalue weighted by Crippen LogP contribution is 2.34. The van der Waals surface area contributed by atoms with Crippen molar-refractivity contribution in [1.82, 2.24) is 14.8 Å². The molecule has 4 nitrogen and oxygen atoms in total. The molecule has 1 heterocycles. The highest BCUT2D eigenvalue weighted by molar-refractivity contribution is 5.78. The number of nitrogens with zero attached hydrogens (tertiary/aromatic N) is 3. The van der Waals surface area contributed by atoms with E-state index in [1.165, 1.54) is 0 Å². The average Bonchev–Trinajstić information content (AvgIpc) is 2.75. The molecule has 0 radical (unpaired) electrons. The van der Waals surface area contributed by atoms with Crippen LogP contribution in [0.25, 0.3) is 0 Å². The Morgan fingerprint density at radius 2 is 2.08 bits per heavy atom. The number of hydrogen-bond donors (Lipinski definition) is 0. The maximum Gasteiger partial charge on any atom is 0.132 e. The molecule has 2 atom stereocenters. The van der Waals surface area contributed by atoms with E-state index >= 15 is 0 Å². The van der Waals surface area contributed by atoms with E-state index in [2.05, 4.69) is 10.2 Å². The number of ketones is 1.